The highest BCUT2D eigenvalue weighted by molar-refractivity contribution is 5.75. The predicted molar refractivity (Wildman–Crippen MR) is 62.8 cm³/mol. The summed E-state index contributed by atoms with van der Waals surface area (Å²) in [6.07, 6.45) is 0.433. The van der Waals surface area contributed by atoms with Crippen molar-refractivity contribution in [3.05, 3.63) is 5.82 Å². The van der Waals surface area contributed by atoms with Crippen LogP contribution in [-0.2, 0) is 11.3 Å². The maximum absolute atomic E-state index is 11.1. The van der Waals surface area contributed by atoms with E-state index in [0.717, 1.165) is 0 Å². The zero-order chi connectivity index (χ0) is 12.8. The molecule has 17 heavy (non-hydrogen) atoms. The van der Waals surface area contributed by atoms with Crippen molar-refractivity contribution in [2.45, 2.75) is 19.9 Å². The topological polar surface area (TPSA) is 80.2 Å². The van der Waals surface area contributed by atoms with Gasteiger partial charge >= 0.3 is 6.01 Å². The van der Waals surface area contributed by atoms with Crippen LogP contribution in [0.1, 0.15) is 19.2 Å². The highest BCUT2D eigenvalue weighted by atomic mass is 16.5. The molecule has 0 aliphatic heterocycles. The third-order valence-electron chi connectivity index (χ3n) is 2.00. The van der Waals surface area contributed by atoms with Crippen LogP contribution >= 0.6 is 0 Å². The van der Waals surface area contributed by atoms with Crippen molar-refractivity contribution in [2.75, 3.05) is 26.1 Å². The molecule has 0 aliphatic rings. The van der Waals surface area contributed by atoms with Crippen LogP contribution in [0.4, 0.5) is 5.95 Å². The SMILES string of the molecule is CCC(=O)NCc1nc(OC)nc(N(C)C)n1. The molecule has 7 nitrogen and oxygen atoms in total. The lowest BCUT2D eigenvalue weighted by Gasteiger charge is -2.12. The quantitative estimate of drug-likeness (QED) is 0.777. The van der Waals surface area contributed by atoms with Crippen LogP contribution in [0.15, 0.2) is 0 Å². The van der Waals surface area contributed by atoms with Gasteiger partial charge in [0.15, 0.2) is 5.82 Å². The van der Waals surface area contributed by atoms with Crippen LogP contribution in [0.5, 0.6) is 6.01 Å². The molecule has 94 valence electrons. The number of aromatic nitrogens is 3. The highest BCUT2D eigenvalue weighted by Gasteiger charge is 2.08. The van der Waals surface area contributed by atoms with Crippen molar-refractivity contribution >= 4 is 11.9 Å². The van der Waals surface area contributed by atoms with Gasteiger partial charge in [0.25, 0.3) is 0 Å². The fourth-order valence-corrected chi connectivity index (χ4v) is 1.06. The summed E-state index contributed by atoms with van der Waals surface area (Å²) in [4.78, 5) is 25.2. The molecule has 0 aromatic carbocycles. The molecule has 1 N–H and O–H groups in total. The molecule has 1 heterocycles. The minimum Gasteiger partial charge on any atom is -0.467 e. The van der Waals surface area contributed by atoms with E-state index in [2.05, 4.69) is 20.3 Å². The maximum Gasteiger partial charge on any atom is 0.321 e. The lowest BCUT2D eigenvalue weighted by atomic mass is 10.4. The zero-order valence-corrected chi connectivity index (χ0v) is 10.5. The second kappa shape index (κ2) is 5.97. The summed E-state index contributed by atoms with van der Waals surface area (Å²) in [7, 11) is 5.13. The first-order valence-corrected chi connectivity index (χ1v) is 5.29. The number of amides is 1. The van der Waals surface area contributed by atoms with Gasteiger partial charge in [0.1, 0.15) is 0 Å². The molecule has 0 saturated carbocycles. The van der Waals surface area contributed by atoms with Crippen LogP contribution in [0.3, 0.4) is 0 Å². The van der Waals surface area contributed by atoms with Crippen molar-refractivity contribution in [1.29, 1.82) is 0 Å². The van der Waals surface area contributed by atoms with E-state index in [1.54, 1.807) is 11.8 Å². The number of ether oxygens (including phenoxy) is 1. The van der Waals surface area contributed by atoms with Crippen molar-refractivity contribution in [3.63, 3.8) is 0 Å². The number of nitrogens with one attached hydrogen (secondary N) is 1. The third kappa shape index (κ3) is 3.86. The second-order valence-electron chi connectivity index (χ2n) is 3.56. The van der Waals surface area contributed by atoms with Gasteiger partial charge in [-0.25, -0.2) is 0 Å². The number of carbonyl (C=O) groups excluding carboxylic acids is 1. The van der Waals surface area contributed by atoms with E-state index in [4.69, 9.17) is 4.74 Å². The van der Waals surface area contributed by atoms with Gasteiger partial charge in [0.05, 0.1) is 13.7 Å². The first kappa shape index (κ1) is 13.1. The summed E-state index contributed by atoms with van der Waals surface area (Å²) in [5, 5.41) is 2.70. The van der Waals surface area contributed by atoms with E-state index < -0.39 is 0 Å². The number of hydrogen-bond donors (Lipinski definition) is 1. The summed E-state index contributed by atoms with van der Waals surface area (Å²) in [6.45, 7) is 2.06. The Morgan fingerprint density at radius 1 is 1.35 bits per heavy atom. The molecule has 0 spiro atoms. The van der Waals surface area contributed by atoms with Gasteiger partial charge < -0.3 is 15.0 Å². The van der Waals surface area contributed by atoms with Crippen LogP contribution in [0.25, 0.3) is 0 Å². The van der Waals surface area contributed by atoms with Gasteiger partial charge in [0.2, 0.25) is 11.9 Å². The first-order chi connectivity index (χ1) is 8.06. The van der Waals surface area contributed by atoms with E-state index in [1.165, 1.54) is 7.11 Å². The summed E-state index contributed by atoms with van der Waals surface area (Å²) >= 11 is 0. The summed E-state index contributed by atoms with van der Waals surface area (Å²) < 4.78 is 4.98. The van der Waals surface area contributed by atoms with Crippen molar-refractivity contribution in [2.24, 2.45) is 0 Å². The van der Waals surface area contributed by atoms with Gasteiger partial charge in [-0.15, -0.1) is 0 Å². The van der Waals surface area contributed by atoms with Crippen LogP contribution in [-0.4, -0.2) is 42.1 Å². The molecule has 0 atom stereocenters. The number of nitrogens with zero attached hydrogens (tertiary/aromatic N) is 4. The number of rotatable bonds is 5. The van der Waals surface area contributed by atoms with E-state index in [0.29, 0.717) is 18.2 Å². The Kier molecular flexibility index (Phi) is 4.62. The number of carbonyl (C=O) groups is 1. The molecule has 0 radical (unpaired) electrons. The predicted octanol–water partition coefficient (Wildman–Crippen LogP) is -0.0276. The van der Waals surface area contributed by atoms with Crippen LogP contribution in [0, 0.1) is 0 Å². The average Bonchev–Trinajstić information content (AvgIpc) is 2.35. The Morgan fingerprint density at radius 2 is 2.06 bits per heavy atom. The maximum atomic E-state index is 11.1. The van der Waals surface area contributed by atoms with E-state index in [1.807, 2.05) is 14.1 Å². The fraction of sp³-hybridized carbons (Fsp3) is 0.600. The van der Waals surface area contributed by atoms with Crippen LogP contribution in [0.2, 0.25) is 0 Å². The van der Waals surface area contributed by atoms with Gasteiger partial charge in [0, 0.05) is 20.5 Å². The molecule has 0 saturated heterocycles. The van der Waals surface area contributed by atoms with Gasteiger partial charge in [-0.1, -0.05) is 6.92 Å². The lowest BCUT2D eigenvalue weighted by Crippen LogP contribution is -2.24. The monoisotopic (exact) mass is 239 g/mol. The minimum atomic E-state index is -0.0456. The molecule has 1 aromatic rings. The molecule has 0 unspecified atom stereocenters. The second-order valence-corrected chi connectivity index (χ2v) is 3.56. The number of methoxy groups -OCH3 is 1. The molecule has 1 rings (SSSR count). The largest absolute Gasteiger partial charge is 0.467 e. The minimum absolute atomic E-state index is 0.0456. The molecular weight excluding hydrogens is 222 g/mol. The van der Waals surface area contributed by atoms with E-state index >= 15 is 0 Å². The average molecular weight is 239 g/mol. The fourth-order valence-electron chi connectivity index (χ4n) is 1.06. The van der Waals surface area contributed by atoms with Crippen molar-refractivity contribution in [3.8, 4) is 6.01 Å². The summed E-state index contributed by atoms with van der Waals surface area (Å²) in [5.74, 6) is 0.927. The number of anilines is 1. The Bertz CT molecular complexity index is 394. The third-order valence-corrected chi connectivity index (χ3v) is 2.00. The van der Waals surface area contributed by atoms with Gasteiger partial charge in [-0.2, -0.15) is 15.0 Å². The molecule has 0 fully saturated rings. The first-order valence-electron chi connectivity index (χ1n) is 5.29. The van der Waals surface area contributed by atoms with E-state index in [-0.39, 0.29) is 18.5 Å². The lowest BCUT2D eigenvalue weighted by molar-refractivity contribution is -0.120. The molecule has 0 aliphatic carbocycles. The van der Waals surface area contributed by atoms with Gasteiger partial charge in [-0.3, -0.25) is 4.79 Å². The molecule has 1 aromatic heterocycles. The zero-order valence-electron chi connectivity index (χ0n) is 10.5. The van der Waals surface area contributed by atoms with Gasteiger partial charge in [-0.05, 0) is 0 Å². The van der Waals surface area contributed by atoms with Crippen LogP contribution < -0.4 is 15.0 Å². The normalized spacial score (nSPS) is 9.88. The smallest absolute Gasteiger partial charge is 0.321 e. The highest BCUT2D eigenvalue weighted by Crippen LogP contribution is 2.09. The Balaban J connectivity index is 2.83. The Morgan fingerprint density at radius 3 is 2.59 bits per heavy atom. The Hall–Kier alpha value is -1.92. The molecule has 0 bridgehead atoms. The number of hydrogen-bond acceptors (Lipinski definition) is 6. The van der Waals surface area contributed by atoms with Crippen molar-refractivity contribution in [1.82, 2.24) is 20.3 Å². The van der Waals surface area contributed by atoms with Crippen molar-refractivity contribution < 1.29 is 9.53 Å². The Labute approximate surface area is 100 Å². The molecular formula is C10H17N5O2. The van der Waals surface area contributed by atoms with E-state index in [9.17, 15) is 4.79 Å². The summed E-state index contributed by atoms with van der Waals surface area (Å²) in [6, 6.07) is 0.240. The standard InChI is InChI=1S/C10H17N5O2/c1-5-8(16)11-6-7-12-9(15(2)3)14-10(13-7)17-4/h5-6H2,1-4H3,(H,11,16). The molecule has 1 amide bonds. The molecule has 7 heteroatoms. The summed E-state index contributed by atoms with van der Waals surface area (Å²) in [5.41, 5.74) is 0.